The monoisotopic (exact) mass is 388 g/mol. The third-order valence-corrected chi connectivity index (χ3v) is 5.62. The first-order valence-electron chi connectivity index (χ1n) is 8.98. The molecule has 0 aliphatic rings. The van der Waals surface area contributed by atoms with E-state index in [1.165, 1.54) is 0 Å². The highest BCUT2D eigenvalue weighted by Gasteiger charge is 2.33. The van der Waals surface area contributed by atoms with Crippen LogP contribution in [0.1, 0.15) is 39.7 Å². The van der Waals surface area contributed by atoms with Crippen molar-refractivity contribution in [3.8, 4) is 5.69 Å². The highest BCUT2D eigenvalue weighted by Crippen LogP contribution is 2.22. The number of benzene rings is 1. The molecule has 6 heteroatoms. The number of esters is 1. The minimum atomic E-state index is -1.38. The average Bonchev–Trinajstić information content (AvgIpc) is 3.15. The summed E-state index contributed by atoms with van der Waals surface area (Å²) >= 11 is -1.38. The molecule has 0 bridgehead atoms. The fourth-order valence-corrected chi connectivity index (χ4v) is 3.25. The first-order chi connectivity index (χ1) is 12.7. The second-order valence-corrected chi connectivity index (χ2v) is 9.25. The molecule has 1 N–H and O–H groups in total. The Balaban J connectivity index is 2.11. The van der Waals surface area contributed by atoms with Crippen LogP contribution >= 0.6 is 0 Å². The minimum absolute atomic E-state index is 0.275. The van der Waals surface area contributed by atoms with Gasteiger partial charge in [0.05, 0.1) is 6.61 Å². The van der Waals surface area contributed by atoms with Gasteiger partial charge in [0.1, 0.15) is 4.75 Å². The standard InChI is InChI=1S/C21H28N2O3S/c1-6-26-20(24)19(22-27(25)21(3,4)5)15-16(2)17-9-11-18(12-10-17)23-13-7-8-14-23/h7-14,19,22H,2,6,15H2,1,3-5H3/t19-,27?/m0/s1. The quantitative estimate of drug-likeness (QED) is 0.551. The Hall–Kier alpha value is -2.02. The summed E-state index contributed by atoms with van der Waals surface area (Å²) in [5, 5.41) is 0. The van der Waals surface area contributed by atoms with Gasteiger partial charge in [-0.3, -0.25) is 4.79 Å². The van der Waals surface area contributed by atoms with Crippen LogP contribution in [-0.4, -0.2) is 32.5 Å². The maximum Gasteiger partial charge on any atom is 0.328 e. The maximum absolute atomic E-state index is 12.4. The summed E-state index contributed by atoms with van der Waals surface area (Å²) in [6.45, 7) is 11.7. The van der Waals surface area contributed by atoms with Crippen LogP contribution in [0.25, 0.3) is 11.3 Å². The molecule has 0 fully saturated rings. The van der Waals surface area contributed by atoms with Gasteiger partial charge in [-0.15, -0.1) is 4.72 Å². The van der Waals surface area contributed by atoms with E-state index in [-0.39, 0.29) is 6.61 Å². The van der Waals surface area contributed by atoms with Crippen molar-refractivity contribution in [2.24, 2.45) is 0 Å². The zero-order valence-electron chi connectivity index (χ0n) is 16.4. The fraction of sp³-hybridized carbons (Fsp3) is 0.381. The summed E-state index contributed by atoms with van der Waals surface area (Å²) < 4.78 is 22.0. The summed E-state index contributed by atoms with van der Waals surface area (Å²) in [4.78, 5) is 12.3. The summed E-state index contributed by atoms with van der Waals surface area (Å²) in [7, 11) is 0. The lowest BCUT2D eigenvalue weighted by Gasteiger charge is -2.27. The van der Waals surface area contributed by atoms with E-state index in [0.29, 0.717) is 6.42 Å². The normalized spacial score (nSPS) is 13.8. The SMILES string of the molecule is C=C(C[C@H](N[S+]([O-])C(C)(C)C)C(=O)OCC)c1ccc(-n2cccc2)cc1. The molecule has 0 aliphatic carbocycles. The second kappa shape index (κ2) is 9.26. The summed E-state index contributed by atoms with van der Waals surface area (Å²) in [5.74, 6) is -0.416. The molecule has 0 radical (unpaired) electrons. The second-order valence-electron chi connectivity index (χ2n) is 7.25. The molecule has 146 valence electrons. The molecule has 0 saturated carbocycles. The molecule has 27 heavy (non-hydrogen) atoms. The molecule has 0 aliphatic heterocycles. The molecule has 1 heterocycles. The number of aromatic nitrogens is 1. The smallest absolute Gasteiger partial charge is 0.328 e. The van der Waals surface area contributed by atoms with Crippen molar-refractivity contribution in [1.29, 1.82) is 0 Å². The number of hydrogen-bond acceptors (Lipinski definition) is 4. The van der Waals surface area contributed by atoms with Crippen LogP contribution in [0.5, 0.6) is 0 Å². The van der Waals surface area contributed by atoms with Gasteiger partial charge < -0.3 is 13.9 Å². The number of nitrogens with zero attached hydrogens (tertiary/aromatic N) is 1. The van der Waals surface area contributed by atoms with E-state index < -0.39 is 28.1 Å². The summed E-state index contributed by atoms with van der Waals surface area (Å²) in [6.07, 6.45) is 4.28. The number of ether oxygens (including phenoxy) is 1. The van der Waals surface area contributed by atoms with Crippen molar-refractivity contribution in [2.45, 2.75) is 44.9 Å². The molecule has 1 aromatic heterocycles. The Morgan fingerprint density at radius 3 is 2.37 bits per heavy atom. The van der Waals surface area contributed by atoms with Crippen LogP contribution in [0.3, 0.4) is 0 Å². The lowest BCUT2D eigenvalue weighted by Crippen LogP contribution is -2.48. The molecule has 0 amide bonds. The Morgan fingerprint density at radius 1 is 1.26 bits per heavy atom. The van der Waals surface area contributed by atoms with Gasteiger partial charge in [-0.1, -0.05) is 18.7 Å². The number of carbonyl (C=O) groups excluding carboxylic acids is 1. The molecule has 2 atom stereocenters. The van der Waals surface area contributed by atoms with Crippen molar-refractivity contribution in [1.82, 2.24) is 9.29 Å². The number of hydrogen-bond donors (Lipinski definition) is 1. The zero-order chi connectivity index (χ0) is 20.0. The minimum Gasteiger partial charge on any atom is -0.598 e. The number of rotatable bonds is 8. The van der Waals surface area contributed by atoms with E-state index >= 15 is 0 Å². The highest BCUT2D eigenvalue weighted by atomic mass is 32.2. The van der Waals surface area contributed by atoms with Gasteiger partial charge >= 0.3 is 5.97 Å². The van der Waals surface area contributed by atoms with E-state index in [1.54, 1.807) is 6.92 Å². The lowest BCUT2D eigenvalue weighted by molar-refractivity contribution is -0.144. The van der Waals surface area contributed by atoms with Crippen molar-refractivity contribution >= 4 is 22.9 Å². The van der Waals surface area contributed by atoms with Gasteiger partial charge in [0.2, 0.25) is 0 Å². The number of nitrogens with one attached hydrogen (secondary N) is 1. The van der Waals surface area contributed by atoms with E-state index in [2.05, 4.69) is 11.3 Å². The van der Waals surface area contributed by atoms with Crippen LogP contribution in [0.4, 0.5) is 0 Å². The molecule has 5 nitrogen and oxygen atoms in total. The van der Waals surface area contributed by atoms with E-state index in [9.17, 15) is 9.35 Å². The van der Waals surface area contributed by atoms with Gasteiger partial charge in [-0.05, 0) is 63.1 Å². The average molecular weight is 389 g/mol. The van der Waals surface area contributed by atoms with Crippen LogP contribution in [-0.2, 0) is 20.9 Å². The Labute approximate surface area is 164 Å². The molecule has 1 aromatic carbocycles. The van der Waals surface area contributed by atoms with E-state index in [1.807, 2.05) is 74.1 Å². The molecule has 0 saturated heterocycles. The van der Waals surface area contributed by atoms with Gasteiger partial charge in [0, 0.05) is 35.9 Å². The third kappa shape index (κ3) is 5.99. The van der Waals surface area contributed by atoms with Crippen molar-refractivity contribution < 1.29 is 14.1 Å². The van der Waals surface area contributed by atoms with E-state index in [4.69, 9.17) is 4.74 Å². The first-order valence-corrected chi connectivity index (χ1v) is 10.1. The van der Waals surface area contributed by atoms with Crippen LogP contribution in [0.15, 0.2) is 55.4 Å². The van der Waals surface area contributed by atoms with E-state index in [0.717, 1.165) is 16.8 Å². The molecule has 2 aromatic rings. The van der Waals surface area contributed by atoms with Crippen LogP contribution in [0, 0.1) is 0 Å². The summed E-state index contributed by atoms with van der Waals surface area (Å²) in [6, 6.07) is 11.2. The maximum atomic E-state index is 12.4. The Kier molecular flexibility index (Phi) is 7.30. The predicted octanol–water partition coefficient (Wildman–Crippen LogP) is 3.86. The molecular weight excluding hydrogens is 360 g/mol. The van der Waals surface area contributed by atoms with Crippen molar-refractivity contribution in [3.05, 3.63) is 60.9 Å². The van der Waals surface area contributed by atoms with Gasteiger partial charge in [0.25, 0.3) is 0 Å². The lowest BCUT2D eigenvalue weighted by atomic mass is 10.0. The largest absolute Gasteiger partial charge is 0.598 e. The van der Waals surface area contributed by atoms with Gasteiger partial charge in [-0.2, -0.15) is 0 Å². The topological polar surface area (TPSA) is 66.3 Å². The molecule has 2 rings (SSSR count). The number of carbonyl (C=O) groups is 1. The molecule has 1 unspecified atom stereocenters. The Bertz CT molecular complexity index is 749. The van der Waals surface area contributed by atoms with Crippen LogP contribution < -0.4 is 4.72 Å². The molecule has 0 spiro atoms. The van der Waals surface area contributed by atoms with Gasteiger partial charge in [-0.25, -0.2) is 0 Å². The fourth-order valence-electron chi connectivity index (χ4n) is 2.46. The first kappa shape index (κ1) is 21.3. The Morgan fingerprint density at radius 2 is 1.85 bits per heavy atom. The third-order valence-electron chi connectivity index (χ3n) is 4.01. The van der Waals surface area contributed by atoms with Crippen molar-refractivity contribution in [2.75, 3.05) is 6.61 Å². The van der Waals surface area contributed by atoms with Gasteiger partial charge in [0.15, 0.2) is 6.04 Å². The molecular formula is C21H28N2O3S. The summed E-state index contributed by atoms with van der Waals surface area (Å²) in [5.41, 5.74) is 2.76. The zero-order valence-corrected chi connectivity index (χ0v) is 17.2. The van der Waals surface area contributed by atoms with Crippen LogP contribution in [0.2, 0.25) is 0 Å². The highest BCUT2D eigenvalue weighted by molar-refractivity contribution is 7.90. The predicted molar refractivity (Wildman–Crippen MR) is 111 cm³/mol. The van der Waals surface area contributed by atoms with Crippen molar-refractivity contribution in [3.63, 3.8) is 0 Å².